The Morgan fingerprint density at radius 3 is 3.00 bits per heavy atom. The van der Waals surface area contributed by atoms with Crippen LogP contribution in [0.1, 0.15) is 48.5 Å². The molecule has 1 aliphatic rings. The SMILES string of the molecule is Cc1nc(CCC(=O)N2CCCC(c3nnc(Cn4ccnc4)n3C)C2)n[nH]1. The molecule has 10 heteroatoms. The second-order valence-corrected chi connectivity index (χ2v) is 7.28. The third-order valence-electron chi connectivity index (χ3n) is 5.23. The Morgan fingerprint density at radius 1 is 1.36 bits per heavy atom. The van der Waals surface area contributed by atoms with Gasteiger partial charge in [-0.1, -0.05) is 0 Å². The maximum Gasteiger partial charge on any atom is 0.223 e. The predicted octanol–water partition coefficient (Wildman–Crippen LogP) is 0.825. The van der Waals surface area contributed by atoms with Gasteiger partial charge in [-0.3, -0.25) is 9.89 Å². The average Bonchev–Trinajstić information content (AvgIpc) is 3.44. The summed E-state index contributed by atoms with van der Waals surface area (Å²) in [6.07, 6.45) is 8.40. The molecule has 1 fully saturated rings. The molecular formula is C18H25N9O. The molecule has 1 saturated heterocycles. The molecule has 0 bridgehead atoms. The molecule has 1 aliphatic heterocycles. The Kier molecular flexibility index (Phi) is 5.18. The fraction of sp³-hybridized carbons (Fsp3) is 0.556. The molecule has 4 heterocycles. The number of carbonyl (C=O) groups is 1. The number of piperidine rings is 1. The highest BCUT2D eigenvalue weighted by atomic mass is 16.2. The first-order valence-corrected chi connectivity index (χ1v) is 9.59. The molecule has 1 N–H and O–H groups in total. The lowest BCUT2D eigenvalue weighted by Crippen LogP contribution is -2.39. The van der Waals surface area contributed by atoms with Crippen molar-refractivity contribution in [3.05, 3.63) is 42.0 Å². The fourth-order valence-electron chi connectivity index (χ4n) is 3.70. The van der Waals surface area contributed by atoms with Crippen molar-refractivity contribution < 1.29 is 4.79 Å². The van der Waals surface area contributed by atoms with Gasteiger partial charge in [-0.2, -0.15) is 5.10 Å². The van der Waals surface area contributed by atoms with Crippen LogP contribution in [0.2, 0.25) is 0 Å². The van der Waals surface area contributed by atoms with Crippen LogP contribution in [0.25, 0.3) is 0 Å². The summed E-state index contributed by atoms with van der Waals surface area (Å²) in [5.74, 6) is 3.64. The van der Waals surface area contributed by atoms with E-state index in [1.54, 1.807) is 12.5 Å². The summed E-state index contributed by atoms with van der Waals surface area (Å²) < 4.78 is 4.02. The van der Waals surface area contributed by atoms with Crippen molar-refractivity contribution in [1.29, 1.82) is 0 Å². The second kappa shape index (κ2) is 7.91. The first kappa shape index (κ1) is 18.3. The van der Waals surface area contributed by atoms with Crippen LogP contribution in [-0.2, 0) is 24.8 Å². The van der Waals surface area contributed by atoms with E-state index in [4.69, 9.17) is 0 Å². The number of likely N-dealkylation sites (tertiary alicyclic amines) is 1. The predicted molar refractivity (Wildman–Crippen MR) is 100 cm³/mol. The largest absolute Gasteiger partial charge is 0.342 e. The molecule has 0 radical (unpaired) electrons. The summed E-state index contributed by atoms with van der Waals surface area (Å²) in [4.78, 5) is 22.9. The summed E-state index contributed by atoms with van der Waals surface area (Å²) in [5, 5.41) is 15.7. The van der Waals surface area contributed by atoms with E-state index in [9.17, 15) is 4.79 Å². The van der Waals surface area contributed by atoms with Crippen molar-refractivity contribution in [2.24, 2.45) is 7.05 Å². The number of imidazole rings is 1. The van der Waals surface area contributed by atoms with Crippen LogP contribution in [0, 0.1) is 6.92 Å². The molecule has 0 saturated carbocycles. The number of nitrogens with zero attached hydrogens (tertiary/aromatic N) is 8. The number of hydrogen-bond acceptors (Lipinski definition) is 6. The van der Waals surface area contributed by atoms with Crippen molar-refractivity contribution in [3.8, 4) is 0 Å². The van der Waals surface area contributed by atoms with E-state index in [1.165, 1.54) is 0 Å². The lowest BCUT2D eigenvalue weighted by molar-refractivity contribution is -0.132. The van der Waals surface area contributed by atoms with Crippen molar-refractivity contribution in [2.45, 2.75) is 45.1 Å². The molecular weight excluding hydrogens is 358 g/mol. The van der Waals surface area contributed by atoms with Gasteiger partial charge in [-0.15, -0.1) is 10.2 Å². The number of hydrogen-bond donors (Lipinski definition) is 1. The zero-order valence-electron chi connectivity index (χ0n) is 16.2. The third-order valence-corrected chi connectivity index (χ3v) is 5.23. The Balaban J connectivity index is 1.38. The number of aryl methyl sites for hydroxylation is 2. The topological polar surface area (TPSA) is 110 Å². The fourth-order valence-corrected chi connectivity index (χ4v) is 3.70. The smallest absolute Gasteiger partial charge is 0.223 e. The zero-order chi connectivity index (χ0) is 19.5. The van der Waals surface area contributed by atoms with E-state index in [0.717, 1.165) is 36.9 Å². The van der Waals surface area contributed by atoms with Crippen molar-refractivity contribution in [2.75, 3.05) is 13.1 Å². The van der Waals surface area contributed by atoms with E-state index >= 15 is 0 Å². The number of aromatic amines is 1. The number of carbonyl (C=O) groups excluding carboxylic acids is 1. The lowest BCUT2D eigenvalue weighted by Gasteiger charge is -2.32. The van der Waals surface area contributed by atoms with E-state index < -0.39 is 0 Å². The number of amides is 1. The van der Waals surface area contributed by atoms with Gasteiger partial charge in [0, 0.05) is 51.3 Å². The van der Waals surface area contributed by atoms with E-state index in [1.807, 2.05) is 29.6 Å². The van der Waals surface area contributed by atoms with Gasteiger partial charge >= 0.3 is 0 Å². The second-order valence-electron chi connectivity index (χ2n) is 7.28. The van der Waals surface area contributed by atoms with Crippen LogP contribution in [0.4, 0.5) is 0 Å². The van der Waals surface area contributed by atoms with Crippen molar-refractivity contribution in [3.63, 3.8) is 0 Å². The molecule has 4 rings (SSSR count). The summed E-state index contributed by atoms with van der Waals surface area (Å²) in [6.45, 7) is 3.97. The molecule has 1 amide bonds. The maximum absolute atomic E-state index is 12.7. The summed E-state index contributed by atoms with van der Waals surface area (Å²) in [5.41, 5.74) is 0. The van der Waals surface area contributed by atoms with E-state index in [-0.39, 0.29) is 11.8 Å². The normalized spacial score (nSPS) is 17.2. The van der Waals surface area contributed by atoms with Crippen LogP contribution in [0.15, 0.2) is 18.7 Å². The molecule has 3 aromatic rings. The molecule has 3 aromatic heterocycles. The van der Waals surface area contributed by atoms with Crippen LogP contribution >= 0.6 is 0 Å². The lowest BCUT2D eigenvalue weighted by atomic mass is 9.96. The standard InChI is InChI=1S/C18H25N9O/c1-13-20-15(22-21-13)5-6-17(28)27-8-3-4-14(10-27)18-24-23-16(25(18)2)11-26-9-7-19-12-26/h7,9,12,14H,3-6,8,10-11H2,1-2H3,(H,20,21,22). The van der Waals surface area contributed by atoms with Crippen LogP contribution in [-0.4, -0.2) is 63.4 Å². The van der Waals surface area contributed by atoms with E-state index in [0.29, 0.717) is 31.8 Å². The van der Waals surface area contributed by atoms with Gasteiger partial charge in [0.05, 0.1) is 12.9 Å². The third kappa shape index (κ3) is 3.95. The molecule has 1 atom stereocenters. The van der Waals surface area contributed by atoms with E-state index in [2.05, 4.69) is 34.9 Å². The number of aromatic nitrogens is 8. The molecule has 10 nitrogen and oxygen atoms in total. The summed E-state index contributed by atoms with van der Waals surface area (Å²) in [6, 6.07) is 0. The monoisotopic (exact) mass is 383 g/mol. The molecule has 28 heavy (non-hydrogen) atoms. The van der Waals surface area contributed by atoms with Crippen molar-refractivity contribution >= 4 is 5.91 Å². The van der Waals surface area contributed by atoms with Gasteiger partial charge in [-0.25, -0.2) is 9.97 Å². The zero-order valence-corrected chi connectivity index (χ0v) is 16.2. The molecule has 0 aromatic carbocycles. The Bertz CT molecular complexity index is 927. The summed E-state index contributed by atoms with van der Waals surface area (Å²) >= 11 is 0. The van der Waals surface area contributed by atoms with Crippen LogP contribution in [0.5, 0.6) is 0 Å². The van der Waals surface area contributed by atoms with Crippen molar-refractivity contribution in [1.82, 2.24) is 44.4 Å². The maximum atomic E-state index is 12.7. The Morgan fingerprint density at radius 2 is 2.25 bits per heavy atom. The Hall–Kier alpha value is -3.04. The van der Waals surface area contributed by atoms with Crippen LogP contribution < -0.4 is 0 Å². The highest BCUT2D eigenvalue weighted by molar-refractivity contribution is 5.76. The van der Waals surface area contributed by atoms with Gasteiger partial charge in [0.15, 0.2) is 11.6 Å². The number of nitrogens with one attached hydrogen (secondary N) is 1. The molecule has 1 unspecified atom stereocenters. The molecule has 148 valence electrons. The highest BCUT2D eigenvalue weighted by Gasteiger charge is 2.28. The van der Waals surface area contributed by atoms with Gasteiger partial charge < -0.3 is 14.0 Å². The van der Waals surface area contributed by atoms with Gasteiger partial charge in [0.2, 0.25) is 5.91 Å². The number of rotatable bonds is 6. The minimum Gasteiger partial charge on any atom is -0.342 e. The minimum atomic E-state index is 0.146. The highest BCUT2D eigenvalue weighted by Crippen LogP contribution is 2.26. The first-order valence-electron chi connectivity index (χ1n) is 9.59. The average molecular weight is 383 g/mol. The first-order chi connectivity index (χ1) is 13.6. The van der Waals surface area contributed by atoms with Gasteiger partial charge in [0.1, 0.15) is 11.6 Å². The molecule has 0 aliphatic carbocycles. The van der Waals surface area contributed by atoms with Crippen LogP contribution in [0.3, 0.4) is 0 Å². The molecule has 0 spiro atoms. The van der Waals surface area contributed by atoms with Gasteiger partial charge in [-0.05, 0) is 19.8 Å². The number of H-pyrrole nitrogens is 1. The Labute approximate surface area is 163 Å². The summed E-state index contributed by atoms with van der Waals surface area (Å²) in [7, 11) is 1.99. The van der Waals surface area contributed by atoms with Gasteiger partial charge in [0.25, 0.3) is 0 Å². The minimum absolute atomic E-state index is 0.146. The quantitative estimate of drug-likeness (QED) is 0.675.